The molecule has 0 atom stereocenters. The fourth-order valence-corrected chi connectivity index (χ4v) is 3.85. The molecule has 3 heteroatoms. The average Bonchev–Trinajstić information content (AvgIpc) is 2.66. The van der Waals surface area contributed by atoms with E-state index in [4.69, 9.17) is 10.5 Å². The van der Waals surface area contributed by atoms with Crippen LogP contribution in [0.15, 0.2) is 0 Å². The second kappa shape index (κ2) is 6.88. The molecule has 2 N–H and O–H groups in total. The Labute approximate surface area is 112 Å². The lowest BCUT2D eigenvalue weighted by molar-refractivity contribution is 0.0249. The summed E-state index contributed by atoms with van der Waals surface area (Å²) in [6.45, 7) is 4.24. The highest BCUT2D eigenvalue weighted by Crippen LogP contribution is 2.34. The number of nitrogens with two attached hydrogens (primary N) is 1. The van der Waals surface area contributed by atoms with Crippen molar-refractivity contribution in [3.63, 3.8) is 0 Å². The maximum absolute atomic E-state index is 6.17. The van der Waals surface area contributed by atoms with Crippen LogP contribution in [0.3, 0.4) is 0 Å². The third kappa shape index (κ3) is 3.25. The highest BCUT2D eigenvalue weighted by molar-refractivity contribution is 4.94. The lowest BCUT2D eigenvalue weighted by Gasteiger charge is -2.46. The molecule has 1 saturated carbocycles. The zero-order chi connectivity index (χ0) is 12.8. The standard InChI is InChI=1S/C15H30N2O/c1-18-12-14-6-10-17(11-7-14)15(13-16)8-4-2-3-5-9-15/h14H,2-13,16H2,1H3. The summed E-state index contributed by atoms with van der Waals surface area (Å²) in [5, 5.41) is 0. The van der Waals surface area contributed by atoms with Gasteiger partial charge in [-0.15, -0.1) is 0 Å². The maximum atomic E-state index is 6.17. The largest absolute Gasteiger partial charge is 0.384 e. The summed E-state index contributed by atoms with van der Waals surface area (Å²) in [6.07, 6.45) is 10.8. The second-order valence-corrected chi connectivity index (χ2v) is 6.23. The third-order valence-corrected chi connectivity index (χ3v) is 5.10. The highest BCUT2D eigenvalue weighted by atomic mass is 16.5. The van der Waals surface area contributed by atoms with E-state index in [2.05, 4.69) is 4.90 Å². The number of methoxy groups -OCH3 is 1. The monoisotopic (exact) mass is 254 g/mol. The fourth-order valence-electron chi connectivity index (χ4n) is 3.85. The predicted molar refractivity (Wildman–Crippen MR) is 75.7 cm³/mol. The van der Waals surface area contributed by atoms with Crippen LogP contribution in [0.5, 0.6) is 0 Å². The molecule has 1 aliphatic heterocycles. The maximum Gasteiger partial charge on any atom is 0.0491 e. The molecule has 0 aromatic rings. The molecule has 0 bridgehead atoms. The molecule has 1 saturated heterocycles. The van der Waals surface area contributed by atoms with Crippen molar-refractivity contribution >= 4 is 0 Å². The third-order valence-electron chi connectivity index (χ3n) is 5.10. The molecule has 0 amide bonds. The SMILES string of the molecule is COCC1CCN(C2(CN)CCCCCC2)CC1. The first-order valence-electron chi connectivity index (χ1n) is 7.75. The van der Waals surface area contributed by atoms with Gasteiger partial charge in [0.25, 0.3) is 0 Å². The van der Waals surface area contributed by atoms with Gasteiger partial charge in [0, 0.05) is 25.8 Å². The minimum atomic E-state index is 0.328. The Kier molecular flexibility index (Phi) is 5.46. The fraction of sp³-hybridized carbons (Fsp3) is 1.00. The van der Waals surface area contributed by atoms with E-state index in [-0.39, 0.29) is 0 Å². The summed E-state index contributed by atoms with van der Waals surface area (Å²) >= 11 is 0. The van der Waals surface area contributed by atoms with Crippen LogP contribution in [0.2, 0.25) is 0 Å². The van der Waals surface area contributed by atoms with Gasteiger partial charge in [-0.1, -0.05) is 25.7 Å². The lowest BCUT2D eigenvalue weighted by atomic mass is 9.85. The molecule has 0 unspecified atom stereocenters. The molecule has 0 radical (unpaired) electrons. The molecule has 1 aliphatic carbocycles. The summed E-state index contributed by atoms with van der Waals surface area (Å²) in [5.74, 6) is 0.770. The van der Waals surface area contributed by atoms with Crippen LogP contribution < -0.4 is 5.73 Å². The van der Waals surface area contributed by atoms with Gasteiger partial charge in [-0.05, 0) is 44.7 Å². The normalized spacial score (nSPS) is 27.0. The van der Waals surface area contributed by atoms with Crippen molar-refractivity contribution in [2.75, 3.05) is 33.4 Å². The molecular formula is C15H30N2O. The molecule has 2 rings (SSSR count). The van der Waals surface area contributed by atoms with E-state index in [1.54, 1.807) is 0 Å². The first-order chi connectivity index (χ1) is 8.80. The molecule has 106 valence electrons. The number of nitrogens with zero attached hydrogens (tertiary/aromatic N) is 1. The van der Waals surface area contributed by atoms with Gasteiger partial charge < -0.3 is 10.5 Å². The van der Waals surface area contributed by atoms with Crippen LogP contribution in [-0.4, -0.2) is 43.8 Å². The van der Waals surface area contributed by atoms with Crippen molar-refractivity contribution in [1.82, 2.24) is 4.90 Å². The smallest absolute Gasteiger partial charge is 0.0491 e. The number of hydrogen-bond donors (Lipinski definition) is 1. The average molecular weight is 254 g/mol. The Balaban J connectivity index is 1.92. The summed E-state index contributed by atoms with van der Waals surface area (Å²) in [6, 6.07) is 0. The van der Waals surface area contributed by atoms with E-state index >= 15 is 0 Å². The van der Waals surface area contributed by atoms with E-state index < -0.39 is 0 Å². The Hall–Kier alpha value is -0.120. The number of likely N-dealkylation sites (tertiary alicyclic amines) is 1. The van der Waals surface area contributed by atoms with Crippen LogP contribution >= 0.6 is 0 Å². The van der Waals surface area contributed by atoms with E-state index in [0.29, 0.717) is 5.54 Å². The van der Waals surface area contributed by atoms with Crippen LogP contribution in [0.4, 0.5) is 0 Å². The number of rotatable bonds is 4. The van der Waals surface area contributed by atoms with Crippen LogP contribution in [-0.2, 0) is 4.74 Å². The topological polar surface area (TPSA) is 38.5 Å². The van der Waals surface area contributed by atoms with E-state index in [0.717, 1.165) is 19.1 Å². The Morgan fingerprint density at radius 3 is 2.22 bits per heavy atom. The molecule has 0 aromatic carbocycles. The zero-order valence-electron chi connectivity index (χ0n) is 12.0. The summed E-state index contributed by atoms with van der Waals surface area (Å²) in [5.41, 5.74) is 6.49. The molecule has 3 nitrogen and oxygen atoms in total. The molecule has 0 spiro atoms. The Morgan fingerprint density at radius 2 is 1.72 bits per heavy atom. The van der Waals surface area contributed by atoms with Crippen molar-refractivity contribution in [2.45, 2.75) is 56.9 Å². The first kappa shape index (κ1) is 14.3. The van der Waals surface area contributed by atoms with Crippen molar-refractivity contribution in [3.05, 3.63) is 0 Å². The molecule has 1 heterocycles. The molecule has 2 aliphatic rings. The van der Waals surface area contributed by atoms with Gasteiger partial charge in [0.05, 0.1) is 0 Å². The van der Waals surface area contributed by atoms with E-state index in [9.17, 15) is 0 Å². The van der Waals surface area contributed by atoms with Gasteiger partial charge in [0.15, 0.2) is 0 Å². The molecule has 18 heavy (non-hydrogen) atoms. The van der Waals surface area contributed by atoms with Gasteiger partial charge in [0.1, 0.15) is 0 Å². The summed E-state index contributed by atoms with van der Waals surface area (Å²) in [4.78, 5) is 2.71. The zero-order valence-corrected chi connectivity index (χ0v) is 12.0. The Morgan fingerprint density at radius 1 is 1.11 bits per heavy atom. The van der Waals surface area contributed by atoms with Crippen molar-refractivity contribution in [1.29, 1.82) is 0 Å². The predicted octanol–water partition coefficient (Wildman–Crippen LogP) is 2.40. The van der Waals surface area contributed by atoms with Gasteiger partial charge in [-0.25, -0.2) is 0 Å². The second-order valence-electron chi connectivity index (χ2n) is 6.23. The van der Waals surface area contributed by atoms with Crippen molar-refractivity contribution in [2.24, 2.45) is 11.7 Å². The van der Waals surface area contributed by atoms with Gasteiger partial charge in [-0.2, -0.15) is 0 Å². The van der Waals surface area contributed by atoms with Gasteiger partial charge in [-0.3, -0.25) is 4.90 Å². The first-order valence-corrected chi connectivity index (χ1v) is 7.75. The Bertz CT molecular complexity index is 229. The van der Waals surface area contributed by atoms with E-state index in [1.165, 1.54) is 64.5 Å². The van der Waals surface area contributed by atoms with Crippen LogP contribution in [0.25, 0.3) is 0 Å². The van der Waals surface area contributed by atoms with Crippen LogP contribution in [0.1, 0.15) is 51.4 Å². The minimum Gasteiger partial charge on any atom is -0.384 e. The number of piperidine rings is 1. The molecule has 0 aromatic heterocycles. The summed E-state index contributed by atoms with van der Waals surface area (Å²) in [7, 11) is 1.82. The van der Waals surface area contributed by atoms with Crippen molar-refractivity contribution in [3.8, 4) is 0 Å². The van der Waals surface area contributed by atoms with Crippen molar-refractivity contribution < 1.29 is 4.74 Å². The van der Waals surface area contributed by atoms with Gasteiger partial charge >= 0.3 is 0 Å². The minimum absolute atomic E-state index is 0.328. The molecular weight excluding hydrogens is 224 g/mol. The number of hydrogen-bond acceptors (Lipinski definition) is 3. The van der Waals surface area contributed by atoms with E-state index in [1.807, 2.05) is 7.11 Å². The van der Waals surface area contributed by atoms with Gasteiger partial charge in [0.2, 0.25) is 0 Å². The number of ether oxygens (including phenoxy) is 1. The highest BCUT2D eigenvalue weighted by Gasteiger charge is 2.37. The van der Waals surface area contributed by atoms with Crippen LogP contribution in [0, 0.1) is 5.92 Å². The molecule has 2 fully saturated rings. The quantitative estimate of drug-likeness (QED) is 0.783. The summed E-state index contributed by atoms with van der Waals surface area (Å²) < 4.78 is 5.29. The lowest BCUT2D eigenvalue weighted by Crippen LogP contribution is -2.56.